The van der Waals surface area contributed by atoms with Crippen molar-refractivity contribution in [1.29, 1.82) is 5.26 Å². The summed E-state index contributed by atoms with van der Waals surface area (Å²) in [6, 6.07) is 8.54. The van der Waals surface area contributed by atoms with E-state index in [-0.39, 0.29) is 11.3 Å². The van der Waals surface area contributed by atoms with Gasteiger partial charge in [0, 0.05) is 23.7 Å². The molecule has 1 aromatic heterocycles. The summed E-state index contributed by atoms with van der Waals surface area (Å²) in [5, 5.41) is 14.6. The first kappa shape index (κ1) is 21.9. The molecule has 2 amide bonds. The average Bonchev–Trinajstić information content (AvgIpc) is 3.04. The normalized spacial score (nSPS) is 14.9. The Morgan fingerprint density at radius 1 is 1.23 bits per heavy atom. The van der Waals surface area contributed by atoms with Crippen LogP contribution in [0.3, 0.4) is 0 Å². The highest BCUT2D eigenvalue weighted by atomic mass is 35.5. The lowest BCUT2D eigenvalue weighted by molar-refractivity contribution is -0.136. The number of hydrogen-bond acceptors (Lipinski definition) is 5. The summed E-state index contributed by atoms with van der Waals surface area (Å²) in [5.41, 5.74) is 1.69. The summed E-state index contributed by atoms with van der Waals surface area (Å²) in [6.45, 7) is 7.12. The molecule has 1 saturated heterocycles. The van der Waals surface area contributed by atoms with Gasteiger partial charge in [-0.15, -0.1) is 0 Å². The highest BCUT2D eigenvalue weighted by molar-refractivity contribution is 6.40. The van der Waals surface area contributed by atoms with Gasteiger partial charge < -0.3 is 15.1 Å². The Balaban J connectivity index is 1.43. The lowest BCUT2D eigenvalue weighted by Gasteiger charge is -2.31. The second kappa shape index (κ2) is 9.79. The average molecular weight is 429 g/mol. The maximum atomic E-state index is 12.2. The largest absolute Gasteiger partial charge is 0.466 e. The van der Waals surface area contributed by atoms with Crippen molar-refractivity contribution < 1.29 is 14.0 Å². The van der Waals surface area contributed by atoms with Gasteiger partial charge in [0.25, 0.3) is 0 Å². The quantitative estimate of drug-likeness (QED) is 0.711. The molecule has 30 heavy (non-hydrogen) atoms. The van der Waals surface area contributed by atoms with Crippen LogP contribution in [-0.4, -0.2) is 36.3 Å². The number of nitrogens with zero attached hydrogens (tertiary/aromatic N) is 2. The standard InChI is InChI=1S/C22H25ClN4O3/c1-14-9-18(15(2)30-14)13-27-7-5-16(6-8-27)12-25-21(28)22(29)26-20-10-19(23)4-3-17(20)11-24/h3-4,9-10,16H,5-8,12-13H2,1-2H3,(H,25,28)(H,26,29). The van der Waals surface area contributed by atoms with Gasteiger partial charge in [-0.2, -0.15) is 5.26 Å². The Hall–Kier alpha value is -2.82. The molecule has 0 atom stereocenters. The molecule has 0 bridgehead atoms. The maximum absolute atomic E-state index is 12.2. The monoisotopic (exact) mass is 428 g/mol. The van der Waals surface area contributed by atoms with Crippen LogP contribution in [0, 0.1) is 31.1 Å². The number of nitriles is 1. The zero-order valence-electron chi connectivity index (χ0n) is 17.1. The highest BCUT2D eigenvalue weighted by Crippen LogP contribution is 2.22. The van der Waals surface area contributed by atoms with Gasteiger partial charge in [-0.1, -0.05) is 11.6 Å². The Kier molecular flexibility index (Phi) is 7.14. The van der Waals surface area contributed by atoms with Gasteiger partial charge in [0.2, 0.25) is 0 Å². The number of carbonyl (C=O) groups is 2. The first-order chi connectivity index (χ1) is 14.4. The van der Waals surface area contributed by atoms with E-state index in [1.807, 2.05) is 19.9 Å². The molecule has 0 radical (unpaired) electrons. The van der Waals surface area contributed by atoms with Crippen LogP contribution < -0.4 is 10.6 Å². The predicted octanol–water partition coefficient (Wildman–Crippen LogP) is 3.39. The second-order valence-corrected chi connectivity index (χ2v) is 8.06. The second-order valence-electron chi connectivity index (χ2n) is 7.62. The van der Waals surface area contributed by atoms with E-state index in [0.29, 0.717) is 17.5 Å². The van der Waals surface area contributed by atoms with Crippen LogP contribution >= 0.6 is 11.6 Å². The highest BCUT2D eigenvalue weighted by Gasteiger charge is 2.22. The van der Waals surface area contributed by atoms with Crippen LogP contribution in [-0.2, 0) is 16.1 Å². The van der Waals surface area contributed by atoms with Crippen molar-refractivity contribution in [2.24, 2.45) is 5.92 Å². The van der Waals surface area contributed by atoms with Gasteiger partial charge in [0.15, 0.2) is 0 Å². The topological polar surface area (TPSA) is 98.4 Å². The molecule has 1 fully saturated rings. The summed E-state index contributed by atoms with van der Waals surface area (Å²) in [5.74, 6) is 0.694. The van der Waals surface area contributed by atoms with Crippen molar-refractivity contribution >= 4 is 29.1 Å². The molecule has 1 aliphatic heterocycles. The summed E-state index contributed by atoms with van der Waals surface area (Å²) >= 11 is 5.90. The van der Waals surface area contributed by atoms with Crippen LogP contribution in [0.15, 0.2) is 28.7 Å². The Labute approximate surface area is 181 Å². The van der Waals surface area contributed by atoms with Crippen molar-refractivity contribution in [2.45, 2.75) is 33.2 Å². The molecule has 2 heterocycles. The van der Waals surface area contributed by atoms with Gasteiger partial charge in [0.1, 0.15) is 17.6 Å². The number of hydrogen-bond donors (Lipinski definition) is 2. The van der Waals surface area contributed by atoms with Crippen molar-refractivity contribution in [3.05, 3.63) is 51.9 Å². The van der Waals surface area contributed by atoms with Gasteiger partial charge in [-0.05, 0) is 70.0 Å². The van der Waals surface area contributed by atoms with Gasteiger partial charge in [-0.3, -0.25) is 14.5 Å². The van der Waals surface area contributed by atoms with Crippen LogP contribution in [0.1, 0.15) is 35.5 Å². The van der Waals surface area contributed by atoms with E-state index >= 15 is 0 Å². The molecule has 8 heteroatoms. The smallest absolute Gasteiger partial charge is 0.313 e. The van der Waals surface area contributed by atoms with E-state index in [2.05, 4.69) is 21.6 Å². The number of nitrogens with one attached hydrogen (secondary N) is 2. The molecule has 2 N–H and O–H groups in total. The summed E-state index contributed by atoms with van der Waals surface area (Å²) in [7, 11) is 0. The lowest BCUT2D eigenvalue weighted by Crippen LogP contribution is -2.41. The van der Waals surface area contributed by atoms with Gasteiger partial charge >= 0.3 is 11.8 Å². The molecule has 2 aromatic rings. The van der Waals surface area contributed by atoms with Crippen molar-refractivity contribution in [3.8, 4) is 6.07 Å². The maximum Gasteiger partial charge on any atom is 0.313 e. The number of furan rings is 1. The zero-order chi connectivity index (χ0) is 21.7. The predicted molar refractivity (Wildman–Crippen MR) is 114 cm³/mol. The molecule has 7 nitrogen and oxygen atoms in total. The summed E-state index contributed by atoms with van der Waals surface area (Å²) in [6.07, 6.45) is 1.90. The number of carbonyl (C=O) groups excluding carboxylic acids is 2. The first-order valence-corrected chi connectivity index (χ1v) is 10.3. The number of rotatable bonds is 5. The van der Waals surface area contributed by atoms with Crippen molar-refractivity contribution in [3.63, 3.8) is 0 Å². The Morgan fingerprint density at radius 3 is 2.60 bits per heavy atom. The fraction of sp³-hybridized carbons (Fsp3) is 0.409. The third kappa shape index (κ3) is 5.62. The summed E-state index contributed by atoms with van der Waals surface area (Å²) < 4.78 is 5.59. The van der Waals surface area contributed by atoms with Crippen molar-refractivity contribution in [2.75, 3.05) is 25.0 Å². The van der Waals surface area contributed by atoms with Crippen molar-refractivity contribution in [1.82, 2.24) is 10.2 Å². The third-order valence-corrected chi connectivity index (χ3v) is 5.59. The van der Waals surface area contributed by atoms with Crippen LogP contribution in [0.5, 0.6) is 0 Å². The fourth-order valence-corrected chi connectivity index (χ4v) is 3.82. The van der Waals surface area contributed by atoms with E-state index in [4.69, 9.17) is 21.3 Å². The number of halogens is 1. The van der Waals surface area contributed by atoms with Crippen LogP contribution in [0.2, 0.25) is 5.02 Å². The minimum absolute atomic E-state index is 0.225. The van der Waals surface area contributed by atoms with Gasteiger partial charge in [-0.25, -0.2) is 0 Å². The number of benzene rings is 1. The number of likely N-dealkylation sites (tertiary alicyclic amines) is 1. The number of aryl methyl sites for hydroxylation is 2. The molecular formula is C22H25ClN4O3. The molecule has 0 saturated carbocycles. The zero-order valence-corrected chi connectivity index (χ0v) is 17.9. The SMILES string of the molecule is Cc1cc(CN2CCC(CNC(=O)C(=O)Nc3cc(Cl)ccc3C#N)CC2)c(C)o1. The number of amides is 2. The molecule has 0 unspecified atom stereocenters. The van der Waals surface area contributed by atoms with Crippen LogP contribution in [0.25, 0.3) is 0 Å². The molecule has 0 spiro atoms. The first-order valence-electron chi connectivity index (χ1n) is 9.93. The Morgan fingerprint density at radius 2 is 1.97 bits per heavy atom. The van der Waals surface area contributed by atoms with E-state index in [1.165, 1.54) is 17.7 Å². The van der Waals surface area contributed by atoms with E-state index in [0.717, 1.165) is 44.0 Å². The minimum Gasteiger partial charge on any atom is -0.466 e. The molecule has 3 rings (SSSR count). The van der Waals surface area contributed by atoms with E-state index < -0.39 is 11.8 Å². The molecular weight excluding hydrogens is 404 g/mol. The summed E-state index contributed by atoms with van der Waals surface area (Å²) in [4.78, 5) is 26.7. The van der Waals surface area contributed by atoms with Gasteiger partial charge in [0.05, 0.1) is 11.3 Å². The Bertz CT molecular complexity index is 971. The molecule has 1 aromatic carbocycles. The fourth-order valence-electron chi connectivity index (χ4n) is 3.64. The van der Waals surface area contributed by atoms with E-state index in [9.17, 15) is 9.59 Å². The molecule has 1 aliphatic rings. The third-order valence-electron chi connectivity index (χ3n) is 5.35. The molecule has 0 aliphatic carbocycles. The number of anilines is 1. The minimum atomic E-state index is -0.808. The van der Waals surface area contributed by atoms with Crippen LogP contribution in [0.4, 0.5) is 5.69 Å². The van der Waals surface area contributed by atoms with E-state index in [1.54, 1.807) is 6.07 Å². The number of piperidine rings is 1. The lowest BCUT2D eigenvalue weighted by atomic mass is 9.96. The molecule has 158 valence electrons.